The Hall–Kier alpha value is -1.06. The van der Waals surface area contributed by atoms with E-state index in [0.717, 1.165) is 0 Å². The molecule has 0 heterocycles. The Bertz CT molecular complexity index is 270. The zero-order valence-corrected chi connectivity index (χ0v) is 9.70. The molecule has 0 N–H and O–H groups in total. The van der Waals surface area contributed by atoms with Crippen LogP contribution in [0.25, 0.3) is 0 Å². The van der Waals surface area contributed by atoms with Gasteiger partial charge >= 0.3 is 11.9 Å². The zero-order valence-electron chi connectivity index (χ0n) is 9.70. The summed E-state index contributed by atoms with van der Waals surface area (Å²) in [6.45, 7) is 5.96. The molecule has 1 fully saturated rings. The summed E-state index contributed by atoms with van der Waals surface area (Å²) < 4.78 is 9.58. The van der Waals surface area contributed by atoms with Gasteiger partial charge in [-0.1, -0.05) is 13.8 Å². The van der Waals surface area contributed by atoms with Crippen molar-refractivity contribution in [1.29, 1.82) is 0 Å². The fraction of sp³-hybridized carbons (Fsp3) is 0.818. The minimum Gasteiger partial charge on any atom is -0.469 e. The van der Waals surface area contributed by atoms with E-state index in [1.54, 1.807) is 0 Å². The number of hydrogen-bond donors (Lipinski definition) is 0. The van der Waals surface area contributed by atoms with E-state index in [0.29, 0.717) is 13.0 Å². The standard InChI is InChI=1S/C11H18O4/c1-7(12)15-6-9-8(11(9,2)3)5-10(13)14-4/h8-9H,5-6H2,1-4H3/t8-,9?/m1/s1. The van der Waals surface area contributed by atoms with Crippen LogP contribution in [0.4, 0.5) is 0 Å². The van der Waals surface area contributed by atoms with Crippen molar-refractivity contribution in [1.82, 2.24) is 0 Å². The lowest BCUT2D eigenvalue weighted by molar-refractivity contribution is -0.141. The molecular formula is C11H18O4. The van der Waals surface area contributed by atoms with Crippen LogP contribution in [0.3, 0.4) is 0 Å². The van der Waals surface area contributed by atoms with E-state index in [1.165, 1.54) is 14.0 Å². The van der Waals surface area contributed by atoms with Gasteiger partial charge < -0.3 is 9.47 Å². The lowest BCUT2D eigenvalue weighted by Crippen LogP contribution is -2.06. The van der Waals surface area contributed by atoms with E-state index < -0.39 is 0 Å². The molecule has 1 aliphatic carbocycles. The Morgan fingerprint density at radius 3 is 2.33 bits per heavy atom. The molecule has 4 nitrogen and oxygen atoms in total. The van der Waals surface area contributed by atoms with Gasteiger partial charge in [-0.3, -0.25) is 9.59 Å². The lowest BCUT2D eigenvalue weighted by Gasteiger charge is -2.02. The van der Waals surface area contributed by atoms with Gasteiger partial charge in [0.2, 0.25) is 0 Å². The molecule has 1 unspecified atom stereocenters. The van der Waals surface area contributed by atoms with Crippen molar-refractivity contribution in [3.63, 3.8) is 0 Å². The summed E-state index contributed by atoms with van der Waals surface area (Å²) in [4.78, 5) is 21.8. The maximum Gasteiger partial charge on any atom is 0.305 e. The van der Waals surface area contributed by atoms with Crippen molar-refractivity contribution in [3.8, 4) is 0 Å². The molecule has 4 heteroatoms. The first-order valence-corrected chi connectivity index (χ1v) is 5.09. The minimum absolute atomic E-state index is 0.0731. The van der Waals surface area contributed by atoms with E-state index in [-0.39, 0.29) is 29.2 Å². The molecule has 1 aliphatic rings. The molecule has 0 aromatic carbocycles. The number of carbonyl (C=O) groups excluding carboxylic acids is 2. The van der Waals surface area contributed by atoms with Gasteiger partial charge in [-0.05, 0) is 11.3 Å². The molecular weight excluding hydrogens is 196 g/mol. The van der Waals surface area contributed by atoms with Crippen LogP contribution >= 0.6 is 0 Å². The molecule has 2 atom stereocenters. The highest BCUT2D eigenvalue weighted by Crippen LogP contribution is 2.60. The van der Waals surface area contributed by atoms with Crippen molar-refractivity contribution in [2.24, 2.45) is 17.3 Å². The van der Waals surface area contributed by atoms with Gasteiger partial charge in [0.25, 0.3) is 0 Å². The third-order valence-electron chi connectivity index (χ3n) is 3.37. The van der Waals surface area contributed by atoms with Crippen molar-refractivity contribution < 1.29 is 19.1 Å². The highest BCUT2D eigenvalue weighted by atomic mass is 16.5. The van der Waals surface area contributed by atoms with Crippen LogP contribution in [0, 0.1) is 17.3 Å². The Morgan fingerprint density at radius 2 is 1.87 bits per heavy atom. The van der Waals surface area contributed by atoms with Gasteiger partial charge in [-0.15, -0.1) is 0 Å². The molecule has 0 radical (unpaired) electrons. The van der Waals surface area contributed by atoms with Crippen molar-refractivity contribution in [2.45, 2.75) is 27.2 Å². The average molecular weight is 214 g/mol. The quantitative estimate of drug-likeness (QED) is 0.663. The Labute approximate surface area is 89.9 Å². The first-order chi connectivity index (χ1) is 6.89. The highest BCUT2D eigenvalue weighted by Gasteiger charge is 2.58. The third kappa shape index (κ3) is 2.70. The Morgan fingerprint density at radius 1 is 1.27 bits per heavy atom. The van der Waals surface area contributed by atoms with Crippen LogP contribution in [-0.4, -0.2) is 25.7 Å². The summed E-state index contributed by atoms with van der Waals surface area (Å²) in [5.74, 6) is 0.0812. The molecule has 0 aliphatic heterocycles. The second kappa shape index (κ2) is 4.21. The Balaban J connectivity index is 2.41. The first-order valence-electron chi connectivity index (χ1n) is 5.09. The van der Waals surface area contributed by atoms with Gasteiger partial charge in [0.1, 0.15) is 0 Å². The smallest absolute Gasteiger partial charge is 0.305 e. The largest absolute Gasteiger partial charge is 0.469 e. The maximum atomic E-state index is 11.1. The summed E-state index contributed by atoms with van der Waals surface area (Å²) in [5.41, 5.74) is 0.0731. The highest BCUT2D eigenvalue weighted by molar-refractivity contribution is 5.70. The number of hydrogen-bond acceptors (Lipinski definition) is 4. The number of rotatable bonds is 4. The van der Waals surface area contributed by atoms with Crippen LogP contribution in [0.5, 0.6) is 0 Å². The van der Waals surface area contributed by atoms with E-state index in [4.69, 9.17) is 4.74 Å². The fourth-order valence-corrected chi connectivity index (χ4v) is 2.06. The number of methoxy groups -OCH3 is 1. The monoisotopic (exact) mass is 214 g/mol. The molecule has 15 heavy (non-hydrogen) atoms. The molecule has 0 aromatic heterocycles. The second-order valence-electron chi connectivity index (χ2n) is 4.62. The van der Waals surface area contributed by atoms with E-state index in [2.05, 4.69) is 18.6 Å². The predicted octanol–water partition coefficient (Wildman–Crippen LogP) is 1.38. The number of esters is 2. The molecule has 0 aromatic rings. The maximum absolute atomic E-state index is 11.1. The van der Waals surface area contributed by atoms with Gasteiger partial charge in [-0.25, -0.2) is 0 Å². The van der Waals surface area contributed by atoms with E-state index in [9.17, 15) is 9.59 Å². The number of ether oxygens (including phenoxy) is 2. The summed E-state index contributed by atoms with van der Waals surface area (Å²) in [6, 6.07) is 0. The summed E-state index contributed by atoms with van der Waals surface area (Å²) >= 11 is 0. The molecule has 0 bridgehead atoms. The normalized spacial score (nSPS) is 26.9. The molecule has 0 saturated heterocycles. The van der Waals surface area contributed by atoms with Crippen LogP contribution < -0.4 is 0 Å². The number of carbonyl (C=O) groups is 2. The predicted molar refractivity (Wildman–Crippen MR) is 54.0 cm³/mol. The van der Waals surface area contributed by atoms with Crippen molar-refractivity contribution in [3.05, 3.63) is 0 Å². The third-order valence-corrected chi connectivity index (χ3v) is 3.37. The van der Waals surface area contributed by atoms with Crippen molar-refractivity contribution >= 4 is 11.9 Å². The average Bonchev–Trinajstić information content (AvgIpc) is 2.64. The fourth-order valence-electron chi connectivity index (χ4n) is 2.06. The van der Waals surface area contributed by atoms with Gasteiger partial charge in [0.15, 0.2) is 0 Å². The first kappa shape index (κ1) is 12.0. The van der Waals surface area contributed by atoms with E-state index >= 15 is 0 Å². The Kier molecular flexibility index (Phi) is 3.37. The minimum atomic E-state index is -0.269. The molecule has 86 valence electrons. The lowest BCUT2D eigenvalue weighted by atomic mass is 10.1. The zero-order chi connectivity index (χ0) is 11.6. The second-order valence-corrected chi connectivity index (χ2v) is 4.62. The molecule has 0 spiro atoms. The molecule has 1 saturated carbocycles. The van der Waals surface area contributed by atoms with Crippen LogP contribution in [0.2, 0.25) is 0 Å². The van der Waals surface area contributed by atoms with E-state index in [1.807, 2.05) is 0 Å². The molecule has 1 rings (SSSR count). The van der Waals surface area contributed by atoms with Gasteiger partial charge in [0, 0.05) is 19.3 Å². The van der Waals surface area contributed by atoms with Crippen LogP contribution in [-0.2, 0) is 19.1 Å². The topological polar surface area (TPSA) is 52.6 Å². The summed E-state index contributed by atoms with van der Waals surface area (Å²) in [7, 11) is 1.39. The summed E-state index contributed by atoms with van der Waals surface area (Å²) in [5, 5.41) is 0. The summed E-state index contributed by atoms with van der Waals surface area (Å²) in [6.07, 6.45) is 0.412. The van der Waals surface area contributed by atoms with Crippen LogP contribution in [0.15, 0.2) is 0 Å². The van der Waals surface area contributed by atoms with Crippen molar-refractivity contribution in [2.75, 3.05) is 13.7 Å². The van der Waals surface area contributed by atoms with Gasteiger partial charge in [0.05, 0.1) is 13.7 Å². The van der Waals surface area contributed by atoms with Crippen LogP contribution in [0.1, 0.15) is 27.2 Å². The van der Waals surface area contributed by atoms with Gasteiger partial charge in [-0.2, -0.15) is 0 Å². The SMILES string of the molecule is COC(=O)C[C@@H]1C(COC(C)=O)C1(C)C. The molecule has 0 amide bonds.